The number of aryl methyl sites for hydroxylation is 1. The number of unbranched alkanes of at least 4 members (excludes halogenated alkanes) is 1. The first kappa shape index (κ1) is 12.8. The van der Waals surface area contributed by atoms with Gasteiger partial charge in [-0.05, 0) is 43.7 Å². The van der Waals surface area contributed by atoms with Gasteiger partial charge in [-0.1, -0.05) is 13.3 Å². The van der Waals surface area contributed by atoms with Crippen LogP contribution in [-0.4, -0.2) is 10.7 Å². The Hall–Kier alpha value is -1.60. The van der Waals surface area contributed by atoms with Gasteiger partial charge in [0.05, 0.1) is 11.8 Å². The summed E-state index contributed by atoms with van der Waals surface area (Å²) in [6.45, 7) is 4.14. The summed E-state index contributed by atoms with van der Waals surface area (Å²) in [6, 6.07) is 6.14. The maximum absolute atomic E-state index is 8.75. The molecule has 2 rings (SSSR count). The Morgan fingerprint density at radius 2 is 2.28 bits per heavy atom. The van der Waals surface area contributed by atoms with Gasteiger partial charge in [0.15, 0.2) is 0 Å². The van der Waals surface area contributed by atoms with Crippen molar-refractivity contribution in [1.82, 2.24) is 4.98 Å². The first-order chi connectivity index (χ1) is 8.74. The van der Waals surface area contributed by atoms with Crippen LogP contribution >= 0.6 is 11.8 Å². The number of hydrogen-bond donors (Lipinski definition) is 0. The first-order valence-corrected chi connectivity index (χ1v) is 6.89. The Balaban J connectivity index is 2.41. The minimum absolute atomic E-state index is 0.745. The maximum atomic E-state index is 8.75. The molecule has 0 amide bonds. The fourth-order valence-corrected chi connectivity index (χ4v) is 2.75. The summed E-state index contributed by atoms with van der Waals surface area (Å²) in [5, 5.41) is 10.5. The number of aliphatic imine (C=N–C) groups is 1. The molecule has 0 saturated carbocycles. The molecule has 1 aromatic rings. The third-order valence-corrected chi connectivity index (χ3v) is 3.63. The smallest absolute Gasteiger partial charge is 0.113 e. The van der Waals surface area contributed by atoms with Gasteiger partial charge in [0.1, 0.15) is 10.1 Å². The average molecular weight is 257 g/mol. The topological polar surface area (TPSA) is 49.0 Å². The fourth-order valence-electron chi connectivity index (χ4n) is 1.80. The van der Waals surface area contributed by atoms with E-state index in [-0.39, 0.29) is 0 Å². The summed E-state index contributed by atoms with van der Waals surface area (Å²) in [4.78, 5) is 9.09. The van der Waals surface area contributed by atoms with E-state index in [1.165, 1.54) is 17.8 Å². The zero-order valence-electron chi connectivity index (χ0n) is 10.6. The van der Waals surface area contributed by atoms with Crippen LogP contribution in [-0.2, 0) is 0 Å². The lowest BCUT2D eigenvalue weighted by molar-refractivity contribution is 0.832. The number of hydrogen-bond acceptors (Lipinski definition) is 4. The van der Waals surface area contributed by atoms with Crippen LogP contribution < -0.4 is 0 Å². The van der Waals surface area contributed by atoms with Crippen molar-refractivity contribution in [2.75, 3.05) is 0 Å². The second-order valence-electron chi connectivity index (χ2n) is 4.18. The van der Waals surface area contributed by atoms with Gasteiger partial charge < -0.3 is 0 Å². The minimum atomic E-state index is 0.745. The highest BCUT2D eigenvalue weighted by Gasteiger charge is 2.18. The molecular formula is C14H15N3S. The van der Waals surface area contributed by atoms with Crippen LogP contribution in [0.2, 0.25) is 0 Å². The van der Waals surface area contributed by atoms with Gasteiger partial charge in [-0.25, -0.2) is 9.98 Å². The average Bonchev–Trinajstić information content (AvgIpc) is 2.35. The van der Waals surface area contributed by atoms with E-state index < -0.39 is 0 Å². The molecule has 0 spiro atoms. The Labute approximate surface area is 112 Å². The highest BCUT2D eigenvalue weighted by atomic mass is 32.2. The molecule has 0 bridgehead atoms. The molecular weight excluding hydrogens is 242 g/mol. The molecule has 1 aliphatic rings. The van der Waals surface area contributed by atoms with E-state index in [0.29, 0.717) is 0 Å². The fraction of sp³-hybridized carbons (Fsp3) is 0.357. The summed E-state index contributed by atoms with van der Waals surface area (Å²) >= 11 is 1.47. The monoisotopic (exact) mass is 257 g/mol. The number of nitriles is 1. The number of aromatic nitrogens is 1. The van der Waals surface area contributed by atoms with E-state index in [1.54, 1.807) is 0 Å². The molecule has 2 heterocycles. The molecule has 0 atom stereocenters. The molecule has 0 unspecified atom stereocenters. The third-order valence-electron chi connectivity index (χ3n) is 2.71. The number of fused-ring (bicyclic) bond motifs is 1. The predicted octanol–water partition coefficient (Wildman–Crippen LogP) is 3.84. The van der Waals surface area contributed by atoms with E-state index in [1.807, 2.05) is 19.1 Å². The number of rotatable bonds is 3. The molecule has 1 aliphatic heterocycles. The van der Waals surface area contributed by atoms with Crippen molar-refractivity contribution in [2.45, 2.75) is 38.1 Å². The Kier molecular flexibility index (Phi) is 4.16. The summed E-state index contributed by atoms with van der Waals surface area (Å²) in [7, 11) is 0. The molecule has 0 aromatic carbocycles. The van der Waals surface area contributed by atoms with E-state index in [4.69, 9.17) is 5.26 Å². The van der Waals surface area contributed by atoms with Crippen LogP contribution in [0.3, 0.4) is 0 Å². The van der Waals surface area contributed by atoms with Crippen molar-refractivity contribution in [3.63, 3.8) is 0 Å². The second-order valence-corrected chi connectivity index (χ2v) is 5.19. The number of allylic oxidation sites excluding steroid dienone is 1. The van der Waals surface area contributed by atoms with Gasteiger partial charge in [0, 0.05) is 17.3 Å². The summed E-state index contributed by atoms with van der Waals surface area (Å²) in [5.41, 5.74) is 3.17. The second kappa shape index (κ2) is 5.83. The van der Waals surface area contributed by atoms with Gasteiger partial charge in [-0.15, -0.1) is 0 Å². The van der Waals surface area contributed by atoms with Crippen molar-refractivity contribution in [2.24, 2.45) is 4.99 Å². The standard InChI is InChI=1S/C14H15N3S/c1-3-4-5-12-11-7-6-10(2)16-14(11)18-13(17-12)8-9-15/h6-8H,3-5H2,1-2H3/b13-8+. The van der Waals surface area contributed by atoms with Gasteiger partial charge in [0.2, 0.25) is 0 Å². The zero-order chi connectivity index (χ0) is 13.0. The normalized spacial score (nSPS) is 16.1. The van der Waals surface area contributed by atoms with E-state index in [2.05, 4.69) is 23.0 Å². The van der Waals surface area contributed by atoms with E-state index in [9.17, 15) is 0 Å². The van der Waals surface area contributed by atoms with Crippen molar-refractivity contribution < 1.29 is 0 Å². The zero-order valence-corrected chi connectivity index (χ0v) is 11.4. The lowest BCUT2D eigenvalue weighted by Crippen LogP contribution is -2.09. The molecule has 92 valence electrons. The van der Waals surface area contributed by atoms with Crippen molar-refractivity contribution in [1.29, 1.82) is 5.26 Å². The highest BCUT2D eigenvalue weighted by molar-refractivity contribution is 8.03. The predicted molar refractivity (Wildman–Crippen MR) is 74.6 cm³/mol. The lowest BCUT2D eigenvalue weighted by atomic mass is 10.1. The number of pyridine rings is 1. The molecule has 0 aliphatic carbocycles. The largest absolute Gasteiger partial charge is 0.246 e. The van der Waals surface area contributed by atoms with Crippen LogP contribution in [0.15, 0.2) is 33.3 Å². The van der Waals surface area contributed by atoms with Gasteiger partial charge in [-0.2, -0.15) is 5.26 Å². The molecule has 18 heavy (non-hydrogen) atoms. The molecule has 0 radical (unpaired) electrons. The Morgan fingerprint density at radius 1 is 1.44 bits per heavy atom. The van der Waals surface area contributed by atoms with E-state index >= 15 is 0 Å². The quantitative estimate of drug-likeness (QED) is 0.773. The lowest BCUT2D eigenvalue weighted by Gasteiger charge is -2.17. The first-order valence-electron chi connectivity index (χ1n) is 6.07. The summed E-state index contributed by atoms with van der Waals surface area (Å²) in [5.74, 6) is 0. The number of nitrogens with zero attached hydrogens (tertiary/aromatic N) is 3. The highest BCUT2D eigenvalue weighted by Crippen LogP contribution is 2.35. The van der Waals surface area contributed by atoms with Crippen LogP contribution in [0.5, 0.6) is 0 Å². The summed E-state index contributed by atoms with van der Waals surface area (Å²) < 4.78 is 0. The number of thioether (sulfide) groups is 1. The van der Waals surface area contributed by atoms with Crippen molar-refractivity contribution in [3.05, 3.63) is 34.5 Å². The SMILES string of the molecule is CCCCC1=N/C(=C\C#N)Sc2nc(C)ccc21. The minimum Gasteiger partial charge on any atom is -0.246 e. The summed E-state index contributed by atoms with van der Waals surface area (Å²) in [6.07, 6.45) is 4.68. The maximum Gasteiger partial charge on any atom is 0.113 e. The van der Waals surface area contributed by atoms with Gasteiger partial charge >= 0.3 is 0 Å². The van der Waals surface area contributed by atoms with Gasteiger partial charge in [-0.3, -0.25) is 0 Å². The molecule has 0 N–H and O–H groups in total. The van der Waals surface area contributed by atoms with Crippen LogP contribution in [0.25, 0.3) is 0 Å². The Morgan fingerprint density at radius 3 is 3.00 bits per heavy atom. The van der Waals surface area contributed by atoms with Crippen molar-refractivity contribution in [3.8, 4) is 6.07 Å². The Bertz CT molecular complexity index is 553. The van der Waals surface area contributed by atoms with Crippen LogP contribution in [0, 0.1) is 18.3 Å². The molecule has 1 aromatic heterocycles. The van der Waals surface area contributed by atoms with Crippen molar-refractivity contribution >= 4 is 17.5 Å². The van der Waals surface area contributed by atoms with Crippen LogP contribution in [0.4, 0.5) is 0 Å². The molecule has 4 heteroatoms. The van der Waals surface area contributed by atoms with Gasteiger partial charge in [0.25, 0.3) is 0 Å². The van der Waals surface area contributed by atoms with E-state index in [0.717, 1.165) is 46.3 Å². The van der Waals surface area contributed by atoms with Crippen LogP contribution in [0.1, 0.15) is 37.4 Å². The molecule has 0 fully saturated rings. The molecule has 3 nitrogen and oxygen atoms in total. The third kappa shape index (κ3) is 2.80. The molecule has 0 saturated heterocycles.